The van der Waals surface area contributed by atoms with Gasteiger partial charge < -0.3 is 45.2 Å². The smallest absolute Gasteiger partial charge is 0.323 e. The predicted molar refractivity (Wildman–Crippen MR) is 187 cm³/mol. The van der Waals surface area contributed by atoms with Gasteiger partial charge in [0, 0.05) is 54.8 Å². The van der Waals surface area contributed by atoms with Gasteiger partial charge >= 0.3 is 6.03 Å². The van der Waals surface area contributed by atoms with E-state index in [-0.39, 0.29) is 43.5 Å². The molecule has 0 aliphatic carbocycles. The number of aliphatic hydroxyl groups is 2. The van der Waals surface area contributed by atoms with Crippen LogP contribution in [0.15, 0.2) is 48.5 Å². The highest BCUT2D eigenvalue weighted by molar-refractivity contribution is 6.00. The number of ether oxygens (including phenoxy) is 1. The first kappa shape index (κ1) is 32.5. The van der Waals surface area contributed by atoms with E-state index in [2.05, 4.69) is 51.6 Å². The molecule has 256 valence electrons. The van der Waals surface area contributed by atoms with Crippen molar-refractivity contribution in [1.82, 2.24) is 19.9 Å². The maximum atomic E-state index is 12.9. The van der Waals surface area contributed by atoms with Crippen molar-refractivity contribution in [3.05, 3.63) is 48.5 Å². The number of hydrogen-bond donors (Lipinski definition) is 4. The zero-order valence-electron chi connectivity index (χ0n) is 27.8. The van der Waals surface area contributed by atoms with Crippen LogP contribution in [-0.4, -0.2) is 120 Å². The number of fused-ring (bicyclic) bond motifs is 2. The summed E-state index contributed by atoms with van der Waals surface area (Å²) in [4.78, 5) is 36.3. The average molecular weight is 658 g/mol. The number of benzene rings is 2. The summed E-state index contributed by atoms with van der Waals surface area (Å²) in [5.74, 6) is 1.52. The minimum Gasteiger partial charge on any atom is -0.394 e. The minimum absolute atomic E-state index is 0.0446. The first-order valence-corrected chi connectivity index (χ1v) is 17.2. The molecule has 4 aliphatic heterocycles. The van der Waals surface area contributed by atoms with Crippen LogP contribution < -0.4 is 25.3 Å². The highest BCUT2D eigenvalue weighted by Crippen LogP contribution is 2.33. The fraction of sp³-hybridized carbons (Fsp3) is 0.543. The highest BCUT2D eigenvalue weighted by Gasteiger charge is 2.38. The van der Waals surface area contributed by atoms with Gasteiger partial charge in [-0.3, -0.25) is 0 Å². The van der Waals surface area contributed by atoms with E-state index in [9.17, 15) is 15.0 Å². The SMILES string of the molecule is CN(C)C1CCN(c2ccc(NC(=O)Nc3ccc(-c4nc(N5CC6CCC(C5)O6)nc(N5[C@H](CO)CC[C@@H]5CO)n4)cc3)cc2)CC1. The lowest BCUT2D eigenvalue weighted by Gasteiger charge is -2.36. The van der Waals surface area contributed by atoms with Crippen molar-refractivity contribution in [2.75, 3.05) is 78.8 Å². The Kier molecular flexibility index (Phi) is 9.62. The van der Waals surface area contributed by atoms with Crippen LogP contribution in [0.25, 0.3) is 11.4 Å². The zero-order valence-corrected chi connectivity index (χ0v) is 27.8. The van der Waals surface area contributed by atoms with Gasteiger partial charge in [-0.05, 0) is 101 Å². The van der Waals surface area contributed by atoms with E-state index in [1.807, 2.05) is 41.3 Å². The molecule has 13 heteroatoms. The first-order chi connectivity index (χ1) is 23.4. The van der Waals surface area contributed by atoms with Gasteiger partial charge in [-0.25, -0.2) is 4.79 Å². The van der Waals surface area contributed by atoms with Crippen LogP contribution in [0.3, 0.4) is 0 Å². The maximum Gasteiger partial charge on any atom is 0.323 e. The fourth-order valence-electron chi connectivity index (χ4n) is 7.56. The lowest BCUT2D eigenvalue weighted by molar-refractivity contribution is 0.0299. The van der Waals surface area contributed by atoms with E-state index in [1.165, 1.54) is 5.69 Å². The van der Waals surface area contributed by atoms with Gasteiger partial charge in [0.1, 0.15) is 0 Å². The normalized spacial score (nSPS) is 24.4. The van der Waals surface area contributed by atoms with Gasteiger partial charge in [-0.15, -0.1) is 0 Å². The molecule has 48 heavy (non-hydrogen) atoms. The quantitative estimate of drug-likeness (QED) is 0.269. The standard InChI is InChI=1S/C35H47N9O4/c1-41(2)26-15-17-42(18-16-26)27-9-7-25(8-10-27)37-35(47)36-24-5-3-23(4-6-24)32-38-33(43-19-30-13-14-31(20-43)48-30)40-34(39-32)44-28(21-45)11-12-29(44)22-46/h3-10,26,28-31,45-46H,11-22H2,1-2H3,(H2,36,37,47)/t28-,29+,30?,31?. The molecule has 4 fully saturated rings. The van der Waals surface area contributed by atoms with Crippen molar-refractivity contribution in [2.45, 2.75) is 68.9 Å². The number of carbonyl (C=O) groups excluding carboxylic acids is 1. The molecule has 4 N–H and O–H groups in total. The summed E-state index contributed by atoms with van der Waals surface area (Å²) in [6.45, 7) is 3.38. The van der Waals surface area contributed by atoms with Crippen molar-refractivity contribution >= 4 is 35.0 Å². The molecule has 7 rings (SSSR count). The number of morpholine rings is 1. The number of urea groups is 1. The summed E-state index contributed by atoms with van der Waals surface area (Å²) >= 11 is 0. The molecule has 2 unspecified atom stereocenters. The summed E-state index contributed by atoms with van der Waals surface area (Å²) in [7, 11) is 4.29. The second-order valence-corrected chi connectivity index (χ2v) is 13.7. The Hall–Kier alpha value is -4.04. The van der Waals surface area contributed by atoms with Crippen molar-refractivity contribution in [2.24, 2.45) is 0 Å². The van der Waals surface area contributed by atoms with Crippen LogP contribution in [0.5, 0.6) is 0 Å². The van der Waals surface area contributed by atoms with Crippen LogP contribution in [0.1, 0.15) is 38.5 Å². The summed E-state index contributed by atoms with van der Waals surface area (Å²) < 4.78 is 6.05. The number of carbonyl (C=O) groups is 1. The highest BCUT2D eigenvalue weighted by atomic mass is 16.5. The molecule has 4 atom stereocenters. The molecule has 0 radical (unpaired) electrons. The van der Waals surface area contributed by atoms with Gasteiger partial charge in [0.2, 0.25) is 11.9 Å². The van der Waals surface area contributed by atoms with Crippen LogP contribution >= 0.6 is 0 Å². The fourth-order valence-corrected chi connectivity index (χ4v) is 7.56. The molecule has 2 amide bonds. The van der Waals surface area contributed by atoms with Gasteiger partial charge in [0.05, 0.1) is 37.5 Å². The molecule has 4 saturated heterocycles. The third-order valence-corrected chi connectivity index (χ3v) is 10.3. The molecule has 4 aliphatic rings. The number of nitrogens with one attached hydrogen (secondary N) is 2. The second kappa shape index (κ2) is 14.2. The average Bonchev–Trinajstić information content (AvgIpc) is 3.70. The number of piperidine rings is 1. The number of hydrogen-bond acceptors (Lipinski definition) is 11. The predicted octanol–water partition coefficient (Wildman–Crippen LogP) is 3.40. The molecule has 1 aromatic heterocycles. The van der Waals surface area contributed by atoms with E-state index in [4.69, 9.17) is 19.7 Å². The lowest BCUT2D eigenvalue weighted by Crippen LogP contribution is -2.45. The molecule has 13 nitrogen and oxygen atoms in total. The van der Waals surface area contributed by atoms with E-state index < -0.39 is 0 Å². The molecule has 5 heterocycles. The van der Waals surface area contributed by atoms with Crippen molar-refractivity contribution in [3.8, 4) is 11.4 Å². The zero-order chi connectivity index (χ0) is 33.2. The Morgan fingerprint density at radius 2 is 1.33 bits per heavy atom. The summed E-state index contributed by atoms with van der Waals surface area (Å²) in [5, 5.41) is 26.1. The van der Waals surface area contributed by atoms with E-state index in [0.717, 1.165) is 62.9 Å². The second-order valence-electron chi connectivity index (χ2n) is 13.7. The Labute approximate surface area is 281 Å². The van der Waals surface area contributed by atoms with E-state index >= 15 is 0 Å². The number of rotatable bonds is 9. The summed E-state index contributed by atoms with van der Waals surface area (Å²) in [6.07, 6.45) is 6.17. The number of anilines is 5. The van der Waals surface area contributed by atoms with Gasteiger partial charge in [0.25, 0.3) is 0 Å². The molecule has 0 spiro atoms. The third kappa shape index (κ3) is 7.05. The third-order valence-electron chi connectivity index (χ3n) is 10.3. The van der Waals surface area contributed by atoms with E-state index in [0.29, 0.717) is 42.5 Å². The summed E-state index contributed by atoms with van der Waals surface area (Å²) in [5.41, 5.74) is 3.30. The molecular formula is C35H47N9O4. The van der Waals surface area contributed by atoms with Crippen molar-refractivity contribution in [1.29, 1.82) is 0 Å². The Balaban J connectivity index is 1.04. The Bertz CT molecular complexity index is 1520. The van der Waals surface area contributed by atoms with Crippen LogP contribution in [0.4, 0.5) is 33.8 Å². The van der Waals surface area contributed by atoms with Crippen molar-refractivity contribution < 1.29 is 19.7 Å². The largest absolute Gasteiger partial charge is 0.394 e. The summed E-state index contributed by atoms with van der Waals surface area (Å²) in [6, 6.07) is 15.4. The molecule has 2 aromatic carbocycles. The number of aliphatic hydroxyl groups excluding tert-OH is 2. The minimum atomic E-state index is -0.326. The van der Waals surface area contributed by atoms with Crippen LogP contribution in [-0.2, 0) is 4.74 Å². The molecule has 0 saturated carbocycles. The lowest BCUT2D eigenvalue weighted by atomic mass is 10.0. The van der Waals surface area contributed by atoms with Crippen molar-refractivity contribution in [3.63, 3.8) is 0 Å². The van der Waals surface area contributed by atoms with Gasteiger partial charge in [-0.2, -0.15) is 15.0 Å². The Morgan fingerprint density at radius 3 is 1.90 bits per heavy atom. The van der Waals surface area contributed by atoms with Gasteiger partial charge in [-0.1, -0.05) is 0 Å². The molecular weight excluding hydrogens is 610 g/mol. The number of nitrogens with zero attached hydrogens (tertiary/aromatic N) is 7. The first-order valence-electron chi connectivity index (χ1n) is 17.2. The molecule has 3 aromatic rings. The maximum absolute atomic E-state index is 12.9. The van der Waals surface area contributed by atoms with Crippen LogP contribution in [0, 0.1) is 0 Å². The monoisotopic (exact) mass is 657 g/mol. The Morgan fingerprint density at radius 1 is 0.771 bits per heavy atom. The number of amides is 2. The van der Waals surface area contributed by atoms with Gasteiger partial charge in [0.15, 0.2) is 5.82 Å². The molecule has 2 bridgehead atoms. The van der Waals surface area contributed by atoms with Crippen LogP contribution in [0.2, 0.25) is 0 Å². The topological polar surface area (TPSA) is 142 Å². The number of aromatic nitrogens is 3. The van der Waals surface area contributed by atoms with E-state index in [1.54, 1.807) is 0 Å².